The molecule has 0 aliphatic carbocycles. The van der Waals surface area contributed by atoms with E-state index in [0.29, 0.717) is 0 Å². The van der Waals surface area contributed by atoms with Gasteiger partial charge in [-0.1, -0.05) is 30.3 Å². The second kappa shape index (κ2) is 10.7. The monoisotopic (exact) mass is 345 g/mol. The van der Waals surface area contributed by atoms with Crippen LogP contribution in [0.15, 0.2) is 30.3 Å². The molecule has 0 radical (unpaired) electrons. The van der Waals surface area contributed by atoms with Crippen LogP contribution >= 0.6 is 0 Å². The summed E-state index contributed by atoms with van der Waals surface area (Å²) < 4.78 is 0. The summed E-state index contributed by atoms with van der Waals surface area (Å²) in [5, 5.41) is 51.5. The molecule has 9 nitrogen and oxygen atoms in total. The number of aliphatic hydroxyl groups is 4. The summed E-state index contributed by atoms with van der Waals surface area (Å²) in [5.41, 5.74) is 6.94. The van der Waals surface area contributed by atoms with Crippen molar-refractivity contribution < 1.29 is 40.2 Å². The van der Waals surface area contributed by atoms with Crippen LogP contribution in [0.4, 0.5) is 0 Å². The van der Waals surface area contributed by atoms with Gasteiger partial charge in [-0.25, -0.2) is 9.59 Å². The van der Waals surface area contributed by atoms with Gasteiger partial charge in [0.2, 0.25) is 0 Å². The van der Waals surface area contributed by atoms with Gasteiger partial charge in [-0.2, -0.15) is 0 Å². The van der Waals surface area contributed by atoms with Gasteiger partial charge < -0.3 is 36.4 Å². The summed E-state index contributed by atoms with van der Waals surface area (Å²) in [6.45, 7) is 2.02. The second-order valence-corrected chi connectivity index (χ2v) is 5.21. The summed E-state index contributed by atoms with van der Waals surface area (Å²) in [5.74, 6) is -3.68. The molecule has 0 spiro atoms. The molecular formula is C15H23NO8. The van der Waals surface area contributed by atoms with E-state index in [0.717, 1.165) is 6.42 Å². The summed E-state index contributed by atoms with van der Waals surface area (Å²) in [4.78, 5) is 20.2. The third-order valence-electron chi connectivity index (χ3n) is 2.90. The van der Waals surface area contributed by atoms with Gasteiger partial charge in [0.15, 0.2) is 12.2 Å². The predicted molar refractivity (Wildman–Crippen MR) is 83.1 cm³/mol. The second-order valence-electron chi connectivity index (χ2n) is 5.21. The van der Waals surface area contributed by atoms with Gasteiger partial charge in [0.25, 0.3) is 0 Å². The first-order valence-electron chi connectivity index (χ1n) is 7.05. The van der Waals surface area contributed by atoms with E-state index in [2.05, 4.69) is 12.1 Å². The molecule has 0 amide bonds. The minimum absolute atomic E-state index is 0.266. The lowest BCUT2D eigenvalue weighted by Crippen LogP contribution is -2.49. The molecule has 0 aliphatic rings. The lowest BCUT2D eigenvalue weighted by atomic mass is 10.0. The normalized spacial score (nSPS) is 16.8. The first kappa shape index (κ1) is 22.0. The molecule has 1 rings (SSSR count). The van der Waals surface area contributed by atoms with Crippen molar-refractivity contribution in [3.8, 4) is 0 Å². The van der Waals surface area contributed by atoms with Gasteiger partial charge in [-0.15, -0.1) is 0 Å². The highest BCUT2D eigenvalue weighted by Gasteiger charge is 2.37. The van der Waals surface area contributed by atoms with Crippen molar-refractivity contribution in [2.24, 2.45) is 5.73 Å². The molecule has 1 aromatic rings. The first-order valence-corrected chi connectivity index (χ1v) is 7.05. The van der Waals surface area contributed by atoms with Crippen LogP contribution in [0, 0.1) is 0 Å². The average molecular weight is 345 g/mol. The van der Waals surface area contributed by atoms with Crippen LogP contribution in [0.3, 0.4) is 0 Å². The number of aliphatic hydroxyl groups excluding tert-OH is 4. The molecule has 5 atom stereocenters. The Kier molecular flexibility index (Phi) is 9.77. The molecular weight excluding hydrogens is 322 g/mol. The summed E-state index contributed by atoms with van der Waals surface area (Å²) in [6.07, 6.45) is -8.31. The van der Waals surface area contributed by atoms with Crippen molar-refractivity contribution in [1.82, 2.24) is 0 Å². The molecule has 0 bridgehead atoms. The van der Waals surface area contributed by atoms with Crippen molar-refractivity contribution in [3.05, 3.63) is 35.9 Å². The zero-order valence-electron chi connectivity index (χ0n) is 13.1. The summed E-state index contributed by atoms with van der Waals surface area (Å²) >= 11 is 0. The van der Waals surface area contributed by atoms with Crippen LogP contribution in [0.1, 0.15) is 12.5 Å². The van der Waals surface area contributed by atoms with Gasteiger partial charge in [-0.3, -0.25) is 0 Å². The molecule has 24 heavy (non-hydrogen) atoms. The standard InChI is InChI=1S/C9H13N.C6H10O8/c1-8(10)7-9-5-3-2-4-6-9;7-1(3(9)5(11)12)2(8)4(10)6(13)14/h2-6,8H,7,10H2,1H3;1-4,7-10H,(H,11,12)(H,13,14)/t;1-,2-,3-,4+/m.0/s1. The molecule has 9 heteroatoms. The van der Waals surface area contributed by atoms with Crippen molar-refractivity contribution >= 4 is 11.9 Å². The van der Waals surface area contributed by atoms with E-state index in [-0.39, 0.29) is 6.04 Å². The molecule has 8 N–H and O–H groups in total. The van der Waals surface area contributed by atoms with E-state index in [9.17, 15) is 9.59 Å². The fourth-order valence-electron chi connectivity index (χ4n) is 1.65. The molecule has 1 unspecified atom stereocenters. The van der Waals surface area contributed by atoms with Crippen molar-refractivity contribution in [2.75, 3.05) is 0 Å². The Morgan fingerprint density at radius 2 is 1.29 bits per heavy atom. The lowest BCUT2D eigenvalue weighted by molar-refractivity contribution is -0.172. The number of hydrogen-bond acceptors (Lipinski definition) is 7. The van der Waals surface area contributed by atoms with Crippen LogP contribution in [0.2, 0.25) is 0 Å². The highest BCUT2D eigenvalue weighted by Crippen LogP contribution is 2.05. The molecule has 0 aromatic heterocycles. The predicted octanol–water partition coefficient (Wildman–Crippen LogP) is -1.82. The van der Waals surface area contributed by atoms with Crippen LogP contribution in [0.5, 0.6) is 0 Å². The third kappa shape index (κ3) is 7.99. The maximum absolute atomic E-state index is 10.1. The lowest BCUT2D eigenvalue weighted by Gasteiger charge is -2.21. The van der Waals surface area contributed by atoms with E-state index in [1.165, 1.54) is 5.56 Å². The number of rotatable bonds is 7. The molecule has 136 valence electrons. The number of nitrogens with two attached hydrogens (primary N) is 1. The number of carboxylic acids is 2. The van der Waals surface area contributed by atoms with Gasteiger partial charge in [0, 0.05) is 6.04 Å². The van der Waals surface area contributed by atoms with Gasteiger partial charge in [0.1, 0.15) is 12.2 Å². The first-order chi connectivity index (χ1) is 11.1. The van der Waals surface area contributed by atoms with E-state index in [1.807, 2.05) is 25.1 Å². The van der Waals surface area contributed by atoms with Crippen LogP contribution < -0.4 is 5.73 Å². The Bertz CT molecular complexity index is 483. The molecule has 0 saturated carbocycles. The van der Waals surface area contributed by atoms with Gasteiger partial charge >= 0.3 is 11.9 Å². The van der Waals surface area contributed by atoms with Crippen LogP contribution in [-0.2, 0) is 16.0 Å². The maximum atomic E-state index is 10.1. The molecule has 1 aromatic carbocycles. The molecule has 0 aliphatic heterocycles. The quantitative estimate of drug-likeness (QED) is 0.299. The van der Waals surface area contributed by atoms with Crippen molar-refractivity contribution in [2.45, 2.75) is 43.8 Å². The number of aliphatic carboxylic acids is 2. The van der Waals surface area contributed by atoms with E-state index in [1.54, 1.807) is 0 Å². The highest BCUT2D eigenvalue weighted by molar-refractivity contribution is 5.75. The average Bonchev–Trinajstić information content (AvgIpc) is 2.52. The Morgan fingerprint density at radius 1 is 0.917 bits per heavy atom. The third-order valence-corrected chi connectivity index (χ3v) is 2.90. The van der Waals surface area contributed by atoms with Crippen molar-refractivity contribution in [3.63, 3.8) is 0 Å². The number of hydrogen-bond donors (Lipinski definition) is 7. The molecule has 0 fully saturated rings. The summed E-state index contributed by atoms with van der Waals surface area (Å²) in [6, 6.07) is 10.6. The molecule has 0 saturated heterocycles. The maximum Gasteiger partial charge on any atom is 0.335 e. The smallest absolute Gasteiger partial charge is 0.335 e. The Balaban J connectivity index is 0.000000463. The van der Waals surface area contributed by atoms with E-state index < -0.39 is 36.4 Å². The Hall–Kier alpha value is -2.04. The minimum Gasteiger partial charge on any atom is -0.479 e. The van der Waals surface area contributed by atoms with Crippen molar-refractivity contribution in [1.29, 1.82) is 0 Å². The van der Waals surface area contributed by atoms with Crippen LogP contribution in [0.25, 0.3) is 0 Å². The van der Waals surface area contributed by atoms with Crippen LogP contribution in [-0.4, -0.2) is 73.0 Å². The number of carbonyl (C=O) groups is 2. The summed E-state index contributed by atoms with van der Waals surface area (Å²) in [7, 11) is 0. The topological polar surface area (TPSA) is 182 Å². The highest BCUT2D eigenvalue weighted by atomic mass is 16.4. The minimum atomic E-state index is -2.36. The number of carboxylic acid groups (broad SMARTS) is 2. The Morgan fingerprint density at radius 3 is 1.58 bits per heavy atom. The van der Waals surface area contributed by atoms with Gasteiger partial charge in [-0.05, 0) is 18.9 Å². The zero-order chi connectivity index (χ0) is 18.9. The molecule has 0 heterocycles. The number of benzene rings is 1. The Labute approximate surface area is 138 Å². The van der Waals surface area contributed by atoms with E-state index >= 15 is 0 Å². The van der Waals surface area contributed by atoms with Gasteiger partial charge in [0.05, 0.1) is 0 Å². The van der Waals surface area contributed by atoms with E-state index in [4.69, 9.17) is 36.4 Å². The SMILES string of the molecule is CC(N)Cc1ccccc1.O=C(O)[C@@H](O)[C@@H](O)[C@H](O)[C@@H](O)C(=O)O. The largest absolute Gasteiger partial charge is 0.479 e. The fourth-order valence-corrected chi connectivity index (χ4v) is 1.65. The zero-order valence-corrected chi connectivity index (χ0v) is 13.1. The fraction of sp³-hybridized carbons (Fsp3) is 0.467.